The number of nitrogens with one attached hydrogen (secondary N) is 2. The number of rotatable bonds is 6. The first-order valence-corrected chi connectivity index (χ1v) is 10.4. The fraction of sp³-hybridized carbons (Fsp3) is 0.435. The molecule has 0 saturated carbocycles. The Morgan fingerprint density at radius 3 is 2.50 bits per heavy atom. The normalized spacial score (nSPS) is 16.8. The first-order valence-electron chi connectivity index (χ1n) is 10.4. The number of hydrogen-bond donors (Lipinski definition) is 2. The molecule has 1 aromatic carbocycles. The minimum absolute atomic E-state index is 0.151. The average molecular weight is 412 g/mol. The third-order valence-electron chi connectivity index (χ3n) is 5.55. The predicted octanol–water partition coefficient (Wildman–Crippen LogP) is 3.83. The van der Waals surface area contributed by atoms with E-state index < -0.39 is 6.04 Å². The van der Waals surface area contributed by atoms with Crippen LogP contribution in [0.4, 0.5) is 5.69 Å². The third kappa shape index (κ3) is 5.09. The first kappa shape index (κ1) is 21.6. The van der Waals surface area contributed by atoms with Crippen molar-refractivity contribution >= 4 is 23.4 Å². The molecule has 7 heteroatoms. The van der Waals surface area contributed by atoms with Gasteiger partial charge < -0.3 is 20.0 Å². The summed E-state index contributed by atoms with van der Waals surface area (Å²) in [7, 11) is 0. The van der Waals surface area contributed by atoms with Gasteiger partial charge in [-0.1, -0.05) is 6.92 Å². The van der Waals surface area contributed by atoms with Gasteiger partial charge in [-0.2, -0.15) is 0 Å². The van der Waals surface area contributed by atoms with Crippen molar-refractivity contribution in [2.24, 2.45) is 0 Å². The summed E-state index contributed by atoms with van der Waals surface area (Å²) in [5.74, 6) is -0.424. The zero-order chi connectivity index (χ0) is 21.7. The Bertz CT molecular complexity index is 888. The van der Waals surface area contributed by atoms with Crippen LogP contribution in [0.1, 0.15) is 67.4 Å². The number of amides is 3. The number of carbonyl (C=O) groups is 3. The van der Waals surface area contributed by atoms with Gasteiger partial charge in [0.25, 0.3) is 11.8 Å². The molecular weight excluding hydrogens is 382 g/mol. The van der Waals surface area contributed by atoms with E-state index in [1.807, 2.05) is 20.8 Å². The van der Waals surface area contributed by atoms with Crippen molar-refractivity contribution in [1.29, 1.82) is 0 Å². The van der Waals surface area contributed by atoms with E-state index >= 15 is 0 Å². The van der Waals surface area contributed by atoms with Crippen molar-refractivity contribution in [3.63, 3.8) is 0 Å². The average Bonchev–Trinajstić information content (AvgIpc) is 3.28. The van der Waals surface area contributed by atoms with E-state index in [1.54, 1.807) is 41.3 Å². The molecule has 30 heavy (non-hydrogen) atoms. The molecule has 1 fully saturated rings. The summed E-state index contributed by atoms with van der Waals surface area (Å²) in [6.07, 6.45) is 4.61. The van der Waals surface area contributed by atoms with E-state index in [0.717, 1.165) is 19.3 Å². The molecule has 1 unspecified atom stereocenters. The van der Waals surface area contributed by atoms with Gasteiger partial charge in [-0.3, -0.25) is 14.4 Å². The second-order valence-corrected chi connectivity index (χ2v) is 8.25. The van der Waals surface area contributed by atoms with E-state index in [0.29, 0.717) is 24.2 Å². The van der Waals surface area contributed by atoms with Crippen molar-refractivity contribution in [1.82, 2.24) is 10.2 Å². The van der Waals surface area contributed by atoms with Crippen molar-refractivity contribution in [2.75, 3.05) is 11.9 Å². The number of likely N-dealkylation sites (tertiary alicyclic amines) is 1. The quantitative estimate of drug-likeness (QED) is 0.756. The Kier molecular flexibility index (Phi) is 6.59. The smallest absolute Gasteiger partial charge is 0.290 e. The van der Waals surface area contributed by atoms with Gasteiger partial charge in [-0.05, 0) is 75.9 Å². The van der Waals surface area contributed by atoms with E-state index in [-0.39, 0.29) is 29.0 Å². The number of hydrogen-bond acceptors (Lipinski definition) is 4. The molecule has 160 valence electrons. The lowest BCUT2D eigenvalue weighted by molar-refractivity contribution is -0.121. The molecule has 0 radical (unpaired) electrons. The molecule has 0 aliphatic carbocycles. The summed E-state index contributed by atoms with van der Waals surface area (Å²) in [5, 5.41) is 5.86. The fourth-order valence-corrected chi connectivity index (χ4v) is 3.39. The molecule has 3 rings (SSSR count). The molecule has 1 aromatic heterocycles. The van der Waals surface area contributed by atoms with E-state index in [4.69, 9.17) is 4.42 Å². The van der Waals surface area contributed by atoms with Crippen LogP contribution in [-0.4, -0.2) is 40.7 Å². The van der Waals surface area contributed by atoms with Gasteiger partial charge in [0.1, 0.15) is 6.04 Å². The number of benzene rings is 1. The van der Waals surface area contributed by atoms with Gasteiger partial charge in [-0.25, -0.2) is 0 Å². The number of piperidine rings is 1. The van der Waals surface area contributed by atoms with Crippen molar-refractivity contribution in [2.45, 2.75) is 58.0 Å². The SMILES string of the molecule is CCC(C)(C)NC(=O)c1ccc(NC(=O)C2CCCCN2C(=O)c2ccco2)cc1. The molecule has 1 atom stereocenters. The molecule has 0 bridgehead atoms. The maximum Gasteiger partial charge on any atom is 0.290 e. The lowest BCUT2D eigenvalue weighted by Crippen LogP contribution is -2.49. The van der Waals surface area contributed by atoms with Crippen LogP contribution in [0, 0.1) is 0 Å². The first-order chi connectivity index (χ1) is 14.3. The second kappa shape index (κ2) is 9.15. The van der Waals surface area contributed by atoms with Gasteiger partial charge in [0.05, 0.1) is 6.26 Å². The summed E-state index contributed by atoms with van der Waals surface area (Å²) in [6, 6.07) is 9.48. The fourth-order valence-electron chi connectivity index (χ4n) is 3.39. The molecule has 2 heterocycles. The monoisotopic (exact) mass is 411 g/mol. The molecule has 1 saturated heterocycles. The van der Waals surface area contributed by atoms with Gasteiger partial charge in [0.2, 0.25) is 5.91 Å². The highest BCUT2D eigenvalue weighted by molar-refractivity contribution is 6.01. The summed E-state index contributed by atoms with van der Waals surface area (Å²) in [4.78, 5) is 39.5. The number of furan rings is 1. The highest BCUT2D eigenvalue weighted by atomic mass is 16.3. The Hall–Kier alpha value is -3.09. The topological polar surface area (TPSA) is 91.7 Å². The summed E-state index contributed by atoms with van der Waals surface area (Å²) < 4.78 is 5.21. The highest BCUT2D eigenvalue weighted by Gasteiger charge is 2.33. The molecule has 2 aromatic rings. The number of anilines is 1. The second-order valence-electron chi connectivity index (χ2n) is 8.25. The molecule has 7 nitrogen and oxygen atoms in total. The largest absolute Gasteiger partial charge is 0.459 e. The van der Waals surface area contributed by atoms with Crippen LogP contribution in [0.3, 0.4) is 0 Å². The molecule has 3 amide bonds. The van der Waals surface area contributed by atoms with Crippen LogP contribution in [0.15, 0.2) is 47.1 Å². The van der Waals surface area contributed by atoms with Crippen LogP contribution in [0.2, 0.25) is 0 Å². The van der Waals surface area contributed by atoms with Gasteiger partial charge >= 0.3 is 0 Å². The standard InChI is InChI=1S/C23H29N3O4/c1-4-23(2,3)25-20(27)16-10-12-17(13-11-16)24-21(28)18-8-5-6-14-26(18)22(29)19-9-7-15-30-19/h7,9-13,15,18H,4-6,8,14H2,1-3H3,(H,24,28)(H,25,27). The van der Waals surface area contributed by atoms with E-state index in [1.165, 1.54) is 6.26 Å². The molecule has 1 aliphatic heterocycles. The summed E-state index contributed by atoms with van der Waals surface area (Å²) in [6.45, 7) is 6.48. The molecule has 2 N–H and O–H groups in total. The van der Waals surface area contributed by atoms with Crippen LogP contribution in [-0.2, 0) is 4.79 Å². The van der Waals surface area contributed by atoms with Crippen LogP contribution >= 0.6 is 0 Å². The molecule has 0 spiro atoms. The van der Waals surface area contributed by atoms with Gasteiger partial charge in [-0.15, -0.1) is 0 Å². The van der Waals surface area contributed by atoms with E-state index in [2.05, 4.69) is 10.6 Å². The zero-order valence-corrected chi connectivity index (χ0v) is 17.7. The van der Waals surface area contributed by atoms with Crippen LogP contribution in [0.5, 0.6) is 0 Å². The van der Waals surface area contributed by atoms with Crippen LogP contribution < -0.4 is 10.6 Å². The van der Waals surface area contributed by atoms with Crippen molar-refractivity contribution in [3.05, 3.63) is 54.0 Å². The van der Waals surface area contributed by atoms with Crippen LogP contribution in [0.25, 0.3) is 0 Å². The Balaban J connectivity index is 1.65. The van der Waals surface area contributed by atoms with Gasteiger partial charge in [0.15, 0.2) is 5.76 Å². The minimum Gasteiger partial charge on any atom is -0.459 e. The molecular formula is C23H29N3O4. The van der Waals surface area contributed by atoms with Gasteiger partial charge in [0, 0.05) is 23.3 Å². The summed E-state index contributed by atoms with van der Waals surface area (Å²) in [5.41, 5.74) is 0.832. The lowest BCUT2D eigenvalue weighted by Gasteiger charge is -2.34. The maximum absolute atomic E-state index is 12.9. The van der Waals surface area contributed by atoms with Crippen molar-refractivity contribution in [3.8, 4) is 0 Å². The highest BCUT2D eigenvalue weighted by Crippen LogP contribution is 2.22. The Morgan fingerprint density at radius 2 is 1.87 bits per heavy atom. The zero-order valence-electron chi connectivity index (χ0n) is 17.7. The Labute approximate surface area is 176 Å². The molecule has 1 aliphatic rings. The third-order valence-corrected chi connectivity index (χ3v) is 5.55. The number of carbonyl (C=O) groups excluding carboxylic acids is 3. The minimum atomic E-state index is -0.551. The van der Waals surface area contributed by atoms with E-state index in [9.17, 15) is 14.4 Å². The number of nitrogens with zero attached hydrogens (tertiary/aromatic N) is 1. The van der Waals surface area contributed by atoms with Crippen molar-refractivity contribution < 1.29 is 18.8 Å². The lowest BCUT2D eigenvalue weighted by atomic mass is 10.0. The maximum atomic E-state index is 12.9. The summed E-state index contributed by atoms with van der Waals surface area (Å²) >= 11 is 0. The predicted molar refractivity (Wildman–Crippen MR) is 114 cm³/mol. The Morgan fingerprint density at radius 1 is 1.13 bits per heavy atom.